The van der Waals surface area contributed by atoms with Crippen LogP contribution in [-0.2, 0) is 0 Å². The Labute approximate surface area is 191 Å². The van der Waals surface area contributed by atoms with Crippen molar-refractivity contribution in [1.82, 2.24) is 0 Å². The molecule has 0 spiro atoms. The topological polar surface area (TPSA) is 50.6 Å². The molecule has 32 heavy (non-hydrogen) atoms. The minimum atomic E-state index is -0.178. The molecule has 0 aliphatic carbocycles. The Morgan fingerprint density at radius 1 is 0.938 bits per heavy atom. The van der Waals surface area contributed by atoms with E-state index >= 15 is 0 Å². The van der Waals surface area contributed by atoms with Crippen LogP contribution in [0.2, 0.25) is 0 Å². The minimum absolute atomic E-state index is 0.0387. The average molecular weight is 445 g/mol. The summed E-state index contributed by atoms with van der Waals surface area (Å²) < 4.78 is 13.5. The second-order valence-electron chi connectivity index (χ2n) is 9.19. The van der Waals surface area contributed by atoms with Gasteiger partial charge in [-0.15, -0.1) is 0 Å². The molecule has 6 heteroatoms. The molecule has 0 bridgehead atoms. The van der Waals surface area contributed by atoms with Gasteiger partial charge in [0.1, 0.15) is 44.3 Å². The minimum Gasteiger partial charge on any atom is -0.508 e. The van der Waals surface area contributed by atoms with Gasteiger partial charge < -0.3 is 19.8 Å². The zero-order valence-electron chi connectivity index (χ0n) is 19.7. The molecule has 0 amide bonds. The van der Waals surface area contributed by atoms with Crippen molar-refractivity contribution in [2.75, 3.05) is 52.4 Å². The fraction of sp³-hybridized carbons (Fsp3) is 0.500. The Hall–Kier alpha value is -2.28. The molecule has 0 aromatic heterocycles. The Bertz CT molecular complexity index is 844. The second-order valence-corrected chi connectivity index (χ2v) is 9.19. The number of aromatic hydroxyl groups is 1. The van der Waals surface area contributed by atoms with Crippen LogP contribution in [0.3, 0.4) is 0 Å². The summed E-state index contributed by atoms with van der Waals surface area (Å²) >= 11 is 0. The van der Waals surface area contributed by atoms with Gasteiger partial charge in [0.2, 0.25) is 0 Å². The van der Waals surface area contributed by atoms with E-state index in [1.807, 2.05) is 19.1 Å². The van der Waals surface area contributed by atoms with Crippen LogP contribution >= 0.6 is 0 Å². The van der Waals surface area contributed by atoms with E-state index in [9.17, 15) is 14.3 Å². The van der Waals surface area contributed by atoms with E-state index in [0.29, 0.717) is 11.6 Å². The molecule has 174 valence electrons. The highest BCUT2D eigenvalue weighted by Gasteiger charge is 2.32. The summed E-state index contributed by atoms with van der Waals surface area (Å²) in [4.78, 5) is 17.4. The fourth-order valence-corrected chi connectivity index (χ4v) is 5.03. The summed E-state index contributed by atoms with van der Waals surface area (Å²) in [5, 5.41) is 9.44. The van der Waals surface area contributed by atoms with Crippen LogP contribution < -0.4 is 14.7 Å². The van der Waals surface area contributed by atoms with Crippen LogP contribution in [0.25, 0.3) is 0 Å². The molecule has 2 aromatic rings. The van der Waals surface area contributed by atoms with Gasteiger partial charge in [0.15, 0.2) is 11.8 Å². The third kappa shape index (κ3) is 6.37. The number of halogens is 1. The number of quaternary nitrogens is 3. The number of likely N-dealkylation sites (N-methyl/N-ethyl adjacent to an activating group) is 1. The second kappa shape index (κ2) is 11.5. The largest absolute Gasteiger partial charge is 0.508 e. The van der Waals surface area contributed by atoms with E-state index in [4.69, 9.17) is 0 Å². The Morgan fingerprint density at radius 3 is 2.00 bits per heavy atom. The monoisotopic (exact) mass is 444 g/mol. The Balaban J connectivity index is 1.54. The van der Waals surface area contributed by atoms with E-state index in [1.165, 1.54) is 15.4 Å². The quantitative estimate of drug-likeness (QED) is 0.384. The molecule has 1 saturated heterocycles. The van der Waals surface area contributed by atoms with Gasteiger partial charge in [-0.05, 0) is 69.3 Å². The highest BCUT2D eigenvalue weighted by molar-refractivity contribution is 5.97. The molecule has 1 heterocycles. The van der Waals surface area contributed by atoms with Crippen molar-refractivity contribution in [2.45, 2.75) is 26.8 Å². The molecule has 1 aliphatic heterocycles. The van der Waals surface area contributed by atoms with Gasteiger partial charge in [0.05, 0.1) is 25.6 Å². The highest BCUT2D eigenvalue weighted by Crippen LogP contribution is 2.13. The lowest BCUT2D eigenvalue weighted by molar-refractivity contribution is -1.03. The summed E-state index contributed by atoms with van der Waals surface area (Å²) in [5.74, 6) is 0.115. The lowest BCUT2D eigenvalue weighted by Crippen LogP contribution is -3.30. The summed E-state index contributed by atoms with van der Waals surface area (Å²) in [5.41, 5.74) is 1.89. The number of phenols is 1. The number of hydrogen-bond acceptors (Lipinski definition) is 2. The van der Waals surface area contributed by atoms with Crippen LogP contribution in [0.1, 0.15) is 42.7 Å². The standard InChI is InChI=1S/C26H36FN3O2/c1-4-30(5-2)25(21-6-10-23(27)11-7-21)19-29-16-14-28(15-17-29)18-20(3)26(32)22-8-12-24(31)13-9-22/h6-13,20,25,31H,4-5,14-19H2,1-3H3/p+3/t20-,25-/m1/s1. The van der Waals surface area contributed by atoms with Crippen molar-refractivity contribution >= 4 is 5.78 Å². The molecule has 5 nitrogen and oxygen atoms in total. The van der Waals surface area contributed by atoms with E-state index in [2.05, 4.69) is 13.8 Å². The zero-order chi connectivity index (χ0) is 23.1. The molecule has 2 aromatic carbocycles. The maximum Gasteiger partial charge on any atom is 0.171 e. The molecule has 1 aliphatic rings. The van der Waals surface area contributed by atoms with Crippen molar-refractivity contribution < 1.29 is 29.0 Å². The number of ketones is 1. The first-order valence-electron chi connectivity index (χ1n) is 12.0. The van der Waals surface area contributed by atoms with Crippen LogP contribution in [0.15, 0.2) is 48.5 Å². The molecule has 3 rings (SSSR count). The average Bonchev–Trinajstić information content (AvgIpc) is 2.81. The number of nitrogens with one attached hydrogen (secondary N) is 3. The number of hydrogen-bond donors (Lipinski definition) is 4. The van der Waals surface area contributed by atoms with E-state index in [-0.39, 0.29) is 23.3 Å². The summed E-state index contributed by atoms with van der Waals surface area (Å²) in [6.07, 6.45) is 0. The van der Waals surface area contributed by atoms with Crippen LogP contribution in [-0.4, -0.2) is 63.2 Å². The van der Waals surface area contributed by atoms with E-state index < -0.39 is 0 Å². The van der Waals surface area contributed by atoms with Crippen LogP contribution in [0.4, 0.5) is 4.39 Å². The maximum absolute atomic E-state index is 13.5. The third-order valence-electron chi connectivity index (χ3n) is 7.02. The first kappa shape index (κ1) is 24.4. The summed E-state index contributed by atoms with van der Waals surface area (Å²) in [6.45, 7) is 14.8. The Morgan fingerprint density at radius 2 is 1.47 bits per heavy atom. The zero-order valence-corrected chi connectivity index (χ0v) is 19.7. The number of phenolic OH excluding ortho intramolecular Hbond substituents is 1. The summed E-state index contributed by atoms with van der Waals surface area (Å²) in [7, 11) is 0. The predicted molar refractivity (Wildman–Crippen MR) is 124 cm³/mol. The van der Waals surface area contributed by atoms with Crippen molar-refractivity contribution in [2.24, 2.45) is 5.92 Å². The number of carbonyl (C=O) groups is 1. The molecular formula is C26H39FN3O2+3. The molecule has 0 saturated carbocycles. The van der Waals surface area contributed by atoms with Gasteiger partial charge in [-0.3, -0.25) is 4.79 Å². The SMILES string of the molecule is CC[NH+](CC)[C@H](C[NH+]1CC[NH+](C[C@@H](C)C(=O)c2ccc(O)cc2)CC1)c1ccc(F)cc1. The number of carbonyl (C=O) groups excluding carboxylic acids is 1. The third-order valence-corrected chi connectivity index (χ3v) is 7.02. The maximum atomic E-state index is 13.5. The van der Waals surface area contributed by atoms with Crippen LogP contribution in [0, 0.1) is 11.7 Å². The predicted octanol–water partition coefficient (Wildman–Crippen LogP) is -0.200. The van der Waals surface area contributed by atoms with Crippen LogP contribution in [0.5, 0.6) is 5.75 Å². The Kier molecular flexibility index (Phi) is 8.79. The lowest BCUT2D eigenvalue weighted by atomic mass is 9.98. The molecular weight excluding hydrogens is 405 g/mol. The van der Waals surface area contributed by atoms with Crippen molar-refractivity contribution in [1.29, 1.82) is 0 Å². The molecule has 0 unspecified atom stereocenters. The molecule has 4 N–H and O–H groups in total. The van der Waals surface area contributed by atoms with Gasteiger partial charge >= 0.3 is 0 Å². The van der Waals surface area contributed by atoms with Gasteiger partial charge in [0.25, 0.3) is 0 Å². The number of piperazine rings is 1. The van der Waals surface area contributed by atoms with Crippen molar-refractivity contribution in [3.05, 3.63) is 65.5 Å². The number of rotatable bonds is 10. The van der Waals surface area contributed by atoms with E-state index in [1.54, 1.807) is 41.3 Å². The van der Waals surface area contributed by atoms with E-state index in [0.717, 1.165) is 52.4 Å². The lowest BCUT2D eigenvalue weighted by Gasteiger charge is -2.34. The van der Waals surface area contributed by atoms with Gasteiger partial charge in [-0.25, -0.2) is 4.39 Å². The van der Waals surface area contributed by atoms with Gasteiger partial charge in [-0.2, -0.15) is 0 Å². The fourth-order valence-electron chi connectivity index (χ4n) is 5.03. The van der Waals surface area contributed by atoms with Crippen molar-refractivity contribution in [3.8, 4) is 5.75 Å². The normalized spacial score (nSPS) is 20.8. The smallest absolute Gasteiger partial charge is 0.171 e. The first-order valence-corrected chi connectivity index (χ1v) is 12.0. The summed E-state index contributed by atoms with van der Waals surface area (Å²) in [6, 6.07) is 14.0. The van der Waals surface area contributed by atoms with Gasteiger partial charge in [0, 0.05) is 11.1 Å². The molecule has 1 fully saturated rings. The van der Waals surface area contributed by atoms with Crippen molar-refractivity contribution in [3.63, 3.8) is 0 Å². The highest BCUT2D eigenvalue weighted by atomic mass is 19.1. The molecule has 0 radical (unpaired) electrons. The molecule has 2 atom stereocenters. The first-order chi connectivity index (χ1) is 15.4. The number of Topliss-reactive ketones (excluding diaryl/α,β-unsaturated/α-hetero) is 1. The number of benzene rings is 2. The van der Waals surface area contributed by atoms with Gasteiger partial charge in [-0.1, -0.05) is 0 Å².